The van der Waals surface area contributed by atoms with Crippen molar-refractivity contribution in [3.8, 4) is 11.5 Å². The maximum absolute atomic E-state index is 14.3. The summed E-state index contributed by atoms with van der Waals surface area (Å²) in [4.78, 5) is 13.1. The molecule has 1 aromatic heterocycles. The fourth-order valence-electron chi connectivity index (χ4n) is 3.78. The zero-order valence-corrected chi connectivity index (χ0v) is 21.5. The third-order valence-electron chi connectivity index (χ3n) is 5.74. The Kier molecular flexibility index (Phi) is 7.82. The van der Waals surface area contributed by atoms with Gasteiger partial charge in [-0.3, -0.25) is 9.48 Å². The molecule has 6 nitrogen and oxygen atoms in total. The van der Waals surface area contributed by atoms with Crippen molar-refractivity contribution >= 4 is 34.8 Å². The molecule has 0 radical (unpaired) electrons. The summed E-state index contributed by atoms with van der Waals surface area (Å²) in [6.07, 6.45) is 0. The fraction of sp³-hybridized carbons (Fsp3) is 0.185. The van der Waals surface area contributed by atoms with Crippen LogP contribution in [0.15, 0.2) is 60.7 Å². The second kappa shape index (κ2) is 11.0. The Balaban J connectivity index is 1.53. The van der Waals surface area contributed by atoms with Crippen LogP contribution >= 0.6 is 23.2 Å². The Morgan fingerprint density at radius 1 is 1.08 bits per heavy atom. The molecule has 0 aliphatic rings. The van der Waals surface area contributed by atoms with Crippen molar-refractivity contribution in [3.63, 3.8) is 0 Å². The van der Waals surface area contributed by atoms with E-state index in [1.807, 2.05) is 6.92 Å². The zero-order valence-electron chi connectivity index (χ0n) is 19.9. The van der Waals surface area contributed by atoms with Gasteiger partial charge in [-0.2, -0.15) is 5.10 Å². The largest absolute Gasteiger partial charge is 0.496 e. The van der Waals surface area contributed by atoms with E-state index in [0.29, 0.717) is 55.3 Å². The maximum Gasteiger partial charge on any atom is 0.255 e. The first-order valence-corrected chi connectivity index (χ1v) is 11.9. The molecule has 4 aromatic rings. The topological polar surface area (TPSA) is 65.4 Å². The van der Waals surface area contributed by atoms with Crippen LogP contribution in [0.25, 0.3) is 0 Å². The van der Waals surface area contributed by atoms with Gasteiger partial charge in [-0.25, -0.2) is 4.39 Å². The molecule has 9 heteroatoms. The van der Waals surface area contributed by atoms with E-state index >= 15 is 0 Å². The highest BCUT2D eigenvalue weighted by Crippen LogP contribution is 2.27. The van der Waals surface area contributed by atoms with Crippen molar-refractivity contribution in [2.24, 2.45) is 0 Å². The van der Waals surface area contributed by atoms with Gasteiger partial charge in [-0.1, -0.05) is 29.3 Å². The second-order valence-electron chi connectivity index (χ2n) is 8.13. The first kappa shape index (κ1) is 25.5. The lowest BCUT2D eigenvalue weighted by Gasteiger charge is -2.13. The minimum Gasteiger partial charge on any atom is -0.496 e. The van der Waals surface area contributed by atoms with Crippen molar-refractivity contribution in [1.29, 1.82) is 0 Å². The number of rotatable bonds is 8. The molecular formula is C27H24Cl2FN3O3. The summed E-state index contributed by atoms with van der Waals surface area (Å²) in [6, 6.07) is 16.7. The number of carbonyl (C=O) groups excluding carboxylic acids is 1. The number of nitrogens with zero attached hydrogens (tertiary/aromatic N) is 2. The molecule has 0 bridgehead atoms. The number of methoxy groups -OCH3 is 1. The van der Waals surface area contributed by atoms with Gasteiger partial charge in [0.1, 0.15) is 23.9 Å². The highest BCUT2D eigenvalue weighted by Gasteiger charge is 2.18. The van der Waals surface area contributed by atoms with Crippen LogP contribution in [-0.4, -0.2) is 22.8 Å². The normalized spacial score (nSPS) is 10.8. The summed E-state index contributed by atoms with van der Waals surface area (Å²) >= 11 is 12.1. The van der Waals surface area contributed by atoms with E-state index in [4.69, 9.17) is 32.7 Å². The van der Waals surface area contributed by atoms with Gasteiger partial charge in [0.05, 0.1) is 30.7 Å². The van der Waals surface area contributed by atoms with Crippen LogP contribution in [0.4, 0.5) is 10.1 Å². The van der Waals surface area contributed by atoms with Crippen LogP contribution in [0.5, 0.6) is 11.5 Å². The van der Waals surface area contributed by atoms with Crippen LogP contribution in [0, 0.1) is 19.7 Å². The number of ether oxygens (including phenoxy) is 2. The fourth-order valence-corrected chi connectivity index (χ4v) is 4.12. The molecule has 0 saturated heterocycles. The number of benzene rings is 3. The molecule has 0 fully saturated rings. The summed E-state index contributed by atoms with van der Waals surface area (Å²) in [5, 5.41) is 8.34. The lowest BCUT2D eigenvalue weighted by Crippen LogP contribution is -2.14. The maximum atomic E-state index is 14.3. The molecule has 36 heavy (non-hydrogen) atoms. The number of aromatic nitrogens is 2. The first-order valence-electron chi connectivity index (χ1n) is 11.1. The predicted molar refractivity (Wildman–Crippen MR) is 139 cm³/mol. The molecule has 1 heterocycles. The summed E-state index contributed by atoms with van der Waals surface area (Å²) < 4.78 is 27.2. The van der Waals surface area contributed by atoms with E-state index in [-0.39, 0.29) is 19.1 Å². The summed E-state index contributed by atoms with van der Waals surface area (Å²) in [5.41, 5.74) is 3.31. The van der Waals surface area contributed by atoms with Crippen LogP contribution in [-0.2, 0) is 13.2 Å². The summed E-state index contributed by atoms with van der Waals surface area (Å²) in [6.45, 7) is 3.93. The Labute approximate surface area is 218 Å². The van der Waals surface area contributed by atoms with Crippen molar-refractivity contribution in [2.45, 2.75) is 27.0 Å². The van der Waals surface area contributed by atoms with Gasteiger partial charge >= 0.3 is 0 Å². The number of carbonyl (C=O) groups is 1. The lowest BCUT2D eigenvalue weighted by molar-refractivity contribution is 0.102. The second-order valence-corrected chi connectivity index (χ2v) is 8.97. The SMILES string of the molecule is COc1ccc(C(=O)Nc2c(C)nn(Cc3c(F)cccc3Cl)c2C)cc1COc1ccc(Cl)cc1. The molecule has 0 spiro atoms. The Morgan fingerprint density at radius 3 is 2.53 bits per heavy atom. The Morgan fingerprint density at radius 2 is 1.83 bits per heavy atom. The molecule has 0 aliphatic heterocycles. The summed E-state index contributed by atoms with van der Waals surface area (Å²) in [7, 11) is 1.56. The third-order valence-corrected chi connectivity index (χ3v) is 6.35. The smallest absolute Gasteiger partial charge is 0.255 e. The van der Waals surface area contributed by atoms with Crippen molar-refractivity contribution < 1.29 is 18.7 Å². The monoisotopic (exact) mass is 527 g/mol. The van der Waals surface area contributed by atoms with Crippen molar-refractivity contribution in [1.82, 2.24) is 9.78 Å². The quantitative estimate of drug-likeness (QED) is 0.272. The number of halogens is 3. The molecular weight excluding hydrogens is 504 g/mol. The molecule has 1 amide bonds. The van der Waals surface area contributed by atoms with Gasteiger partial charge < -0.3 is 14.8 Å². The standard InChI is InChI=1S/C27H24Cl2FN3O3/c1-16-26(17(2)33(32-16)14-22-23(29)5-4-6-24(22)30)31-27(34)18-7-12-25(35-3)19(13-18)15-36-21-10-8-20(28)9-11-21/h4-13H,14-15H2,1-3H3,(H,31,34). The van der Waals surface area contributed by atoms with E-state index in [9.17, 15) is 9.18 Å². The highest BCUT2D eigenvalue weighted by atomic mass is 35.5. The average Bonchev–Trinajstić information content (AvgIpc) is 3.13. The van der Waals surface area contributed by atoms with E-state index < -0.39 is 5.82 Å². The minimum atomic E-state index is -0.410. The zero-order chi connectivity index (χ0) is 25.8. The first-order chi connectivity index (χ1) is 17.3. The third kappa shape index (κ3) is 5.64. The predicted octanol–water partition coefficient (Wildman–Crippen LogP) is 6.83. The van der Waals surface area contributed by atoms with Crippen LogP contribution in [0.1, 0.15) is 32.9 Å². The molecule has 0 atom stereocenters. The van der Waals surface area contributed by atoms with Gasteiger partial charge in [-0.15, -0.1) is 0 Å². The number of hydrogen-bond acceptors (Lipinski definition) is 4. The lowest BCUT2D eigenvalue weighted by atomic mass is 10.1. The number of nitrogens with one attached hydrogen (secondary N) is 1. The molecule has 3 aromatic carbocycles. The van der Waals surface area contributed by atoms with E-state index in [1.54, 1.807) is 73.3 Å². The van der Waals surface area contributed by atoms with Gasteiger partial charge in [0.25, 0.3) is 5.91 Å². The minimum absolute atomic E-state index is 0.142. The molecule has 1 N–H and O–H groups in total. The van der Waals surface area contributed by atoms with Gasteiger partial charge in [0.2, 0.25) is 0 Å². The van der Waals surface area contributed by atoms with E-state index in [2.05, 4.69) is 10.4 Å². The van der Waals surface area contributed by atoms with Crippen molar-refractivity contribution in [2.75, 3.05) is 12.4 Å². The number of hydrogen-bond donors (Lipinski definition) is 1. The molecule has 0 saturated carbocycles. The van der Waals surface area contributed by atoms with Crippen LogP contribution in [0.2, 0.25) is 10.0 Å². The van der Waals surface area contributed by atoms with E-state index in [0.717, 1.165) is 0 Å². The number of amides is 1. The van der Waals surface area contributed by atoms with E-state index in [1.165, 1.54) is 6.07 Å². The van der Waals surface area contributed by atoms with Crippen molar-refractivity contribution in [3.05, 3.63) is 105 Å². The number of aryl methyl sites for hydroxylation is 1. The highest BCUT2D eigenvalue weighted by molar-refractivity contribution is 6.31. The number of anilines is 1. The Bertz CT molecular complexity index is 1380. The molecule has 0 unspecified atom stereocenters. The van der Waals surface area contributed by atoms with Gasteiger partial charge in [0, 0.05) is 26.7 Å². The van der Waals surface area contributed by atoms with Crippen LogP contribution in [0.3, 0.4) is 0 Å². The Hall–Kier alpha value is -3.55. The molecule has 186 valence electrons. The molecule has 4 rings (SSSR count). The van der Waals surface area contributed by atoms with Crippen LogP contribution < -0.4 is 14.8 Å². The van der Waals surface area contributed by atoms with Gasteiger partial charge in [-0.05, 0) is 68.4 Å². The average molecular weight is 528 g/mol. The summed E-state index contributed by atoms with van der Waals surface area (Å²) in [5.74, 6) is 0.514. The van der Waals surface area contributed by atoms with Gasteiger partial charge in [0.15, 0.2) is 0 Å². The molecule has 0 aliphatic carbocycles.